The summed E-state index contributed by atoms with van der Waals surface area (Å²) in [5.74, 6) is -0.912. The molecule has 0 aliphatic heterocycles. The highest BCUT2D eigenvalue weighted by Crippen LogP contribution is 2.14. The van der Waals surface area contributed by atoms with Gasteiger partial charge < -0.3 is 5.11 Å². The van der Waals surface area contributed by atoms with Gasteiger partial charge in [-0.05, 0) is 42.9 Å². The Morgan fingerprint density at radius 3 is 2.71 bits per heavy atom. The van der Waals surface area contributed by atoms with Crippen LogP contribution in [-0.2, 0) is 17.6 Å². The predicted molar refractivity (Wildman–Crippen MR) is 65.6 cm³/mol. The van der Waals surface area contributed by atoms with E-state index in [-0.39, 0.29) is 12.2 Å². The molecule has 0 aliphatic rings. The highest BCUT2D eigenvalue weighted by Gasteiger charge is 2.03. The third-order valence-corrected chi connectivity index (χ3v) is 2.86. The molecule has 0 aliphatic carbocycles. The molecular weight excluding hydrogens is 219 g/mol. The maximum Gasteiger partial charge on any atom is 0.303 e. The van der Waals surface area contributed by atoms with Crippen molar-refractivity contribution in [1.82, 2.24) is 0 Å². The lowest BCUT2D eigenvalue weighted by molar-refractivity contribution is -0.137. The van der Waals surface area contributed by atoms with E-state index in [0.717, 1.165) is 30.4 Å². The summed E-state index contributed by atoms with van der Waals surface area (Å²) >= 11 is 0. The van der Waals surface area contributed by atoms with Crippen molar-refractivity contribution in [2.45, 2.75) is 45.4 Å². The van der Waals surface area contributed by atoms with E-state index in [1.807, 2.05) is 19.1 Å². The number of carboxylic acid groups (broad SMARTS) is 1. The van der Waals surface area contributed by atoms with E-state index in [1.165, 1.54) is 6.07 Å². The summed E-state index contributed by atoms with van der Waals surface area (Å²) in [4.78, 5) is 10.3. The van der Waals surface area contributed by atoms with E-state index in [1.54, 1.807) is 0 Å². The van der Waals surface area contributed by atoms with Crippen molar-refractivity contribution in [3.63, 3.8) is 0 Å². The minimum atomic E-state index is -0.760. The van der Waals surface area contributed by atoms with E-state index in [9.17, 15) is 9.18 Å². The highest BCUT2D eigenvalue weighted by molar-refractivity contribution is 5.66. The third-order valence-electron chi connectivity index (χ3n) is 2.86. The first-order valence-corrected chi connectivity index (χ1v) is 6.12. The summed E-state index contributed by atoms with van der Waals surface area (Å²) in [6, 6.07) is 5.24. The maximum absolute atomic E-state index is 13.4. The van der Waals surface area contributed by atoms with Crippen molar-refractivity contribution in [3.05, 3.63) is 35.1 Å². The topological polar surface area (TPSA) is 37.3 Å². The van der Waals surface area contributed by atoms with Crippen LogP contribution >= 0.6 is 0 Å². The van der Waals surface area contributed by atoms with Gasteiger partial charge in [0.25, 0.3) is 0 Å². The molecule has 0 heterocycles. The van der Waals surface area contributed by atoms with E-state index < -0.39 is 5.97 Å². The molecule has 17 heavy (non-hydrogen) atoms. The number of carbonyl (C=O) groups is 1. The summed E-state index contributed by atoms with van der Waals surface area (Å²) in [5, 5.41) is 8.48. The lowest BCUT2D eigenvalue weighted by atomic mass is 10.0. The molecule has 0 amide bonds. The van der Waals surface area contributed by atoms with Crippen molar-refractivity contribution in [2.75, 3.05) is 0 Å². The number of hydrogen-bond acceptors (Lipinski definition) is 1. The zero-order valence-corrected chi connectivity index (χ0v) is 10.2. The highest BCUT2D eigenvalue weighted by atomic mass is 19.1. The Balaban J connectivity index is 2.38. The van der Waals surface area contributed by atoms with Crippen LogP contribution in [0.15, 0.2) is 18.2 Å². The minimum absolute atomic E-state index is 0.152. The largest absolute Gasteiger partial charge is 0.481 e. The monoisotopic (exact) mass is 238 g/mol. The van der Waals surface area contributed by atoms with Gasteiger partial charge in [-0.15, -0.1) is 0 Å². The molecule has 1 N–H and O–H groups in total. The van der Waals surface area contributed by atoms with Gasteiger partial charge in [0.2, 0.25) is 0 Å². The van der Waals surface area contributed by atoms with Gasteiger partial charge >= 0.3 is 5.97 Å². The van der Waals surface area contributed by atoms with Crippen LogP contribution < -0.4 is 0 Å². The van der Waals surface area contributed by atoms with Gasteiger partial charge in [-0.2, -0.15) is 0 Å². The molecule has 0 saturated carbocycles. The first-order chi connectivity index (χ1) is 8.13. The smallest absolute Gasteiger partial charge is 0.303 e. The number of aryl methyl sites for hydroxylation is 2. The van der Waals surface area contributed by atoms with E-state index in [0.29, 0.717) is 12.8 Å². The second kappa shape index (κ2) is 7.05. The molecule has 3 heteroatoms. The van der Waals surface area contributed by atoms with Crippen LogP contribution in [-0.4, -0.2) is 11.1 Å². The molecule has 1 aromatic carbocycles. The van der Waals surface area contributed by atoms with Crippen molar-refractivity contribution < 1.29 is 14.3 Å². The summed E-state index contributed by atoms with van der Waals surface area (Å²) in [7, 11) is 0. The van der Waals surface area contributed by atoms with Crippen LogP contribution in [0.3, 0.4) is 0 Å². The predicted octanol–water partition coefficient (Wildman–Crippen LogP) is 3.58. The van der Waals surface area contributed by atoms with Crippen molar-refractivity contribution in [2.24, 2.45) is 0 Å². The second-order valence-electron chi connectivity index (χ2n) is 4.23. The molecule has 2 nitrogen and oxygen atoms in total. The summed E-state index contributed by atoms with van der Waals surface area (Å²) in [6.45, 7) is 2.05. The first kappa shape index (κ1) is 13.7. The Morgan fingerprint density at radius 2 is 2.06 bits per heavy atom. The molecule has 0 aromatic heterocycles. The Kier molecular flexibility index (Phi) is 5.67. The summed E-state index contributed by atoms with van der Waals surface area (Å²) < 4.78 is 13.4. The summed E-state index contributed by atoms with van der Waals surface area (Å²) in [5.41, 5.74) is 1.90. The molecule has 0 bridgehead atoms. The average Bonchev–Trinajstić information content (AvgIpc) is 2.30. The molecule has 94 valence electrons. The van der Waals surface area contributed by atoms with Crippen LogP contribution in [0.1, 0.15) is 43.7 Å². The first-order valence-electron chi connectivity index (χ1n) is 6.12. The number of carboxylic acids is 1. The average molecular weight is 238 g/mol. The van der Waals surface area contributed by atoms with E-state index in [2.05, 4.69) is 0 Å². The Bertz CT molecular complexity index is 374. The molecule has 0 fully saturated rings. The van der Waals surface area contributed by atoms with E-state index in [4.69, 9.17) is 5.11 Å². The van der Waals surface area contributed by atoms with Gasteiger partial charge in [-0.25, -0.2) is 4.39 Å². The zero-order chi connectivity index (χ0) is 12.7. The van der Waals surface area contributed by atoms with Crippen LogP contribution in [0.5, 0.6) is 0 Å². The molecular formula is C14H19FO2. The zero-order valence-electron chi connectivity index (χ0n) is 10.2. The van der Waals surface area contributed by atoms with Crippen LogP contribution in [0.2, 0.25) is 0 Å². The quantitative estimate of drug-likeness (QED) is 0.737. The van der Waals surface area contributed by atoms with Crippen LogP contribution in [0.25, 0.3) is 0 Å². The Hall–Kier alpha value is -1.38. The fraction of sp³-hybridized carbons (Fsp3) is 0.500. The van der Waals surface area contributed by atoms with Crippen molar-refractivity contribution >= 4 is 5.97 Å². The normalized spacial score (nSPS) is 10.5. The SMILES string of the molecule is CCc1ccc(F)c(CCCCCC(=O)O)c1. The number of rotatable bonds is 7. The molecule has 0 unspecified atom stereocenters. The molecule has 0 atom stereocenters. The minimum Gasteiger partial charge on any atom is -0.481 e. The van der Waals surface area contributed by atoms with Gasteiger partial charge in [0, 0.05) is 6.42 Å². The van der Waals surface area contributed by atoms with Crippen molar-refractivity contribution in [1.29, 1.82) is 0 Å². The molecule has 1 aromatic rings. The molecule has 0 spiro atoms. The number of halogens is 1. The standard InChI is InChI=1S/C14H19FO2/c1-2-11-8-9-13(15)12(10-11)6-4-3-5-7-14(16)17/h8-10H,2-7H2,1H3,(H,16,17). The van der Waals surface area contributed by atoms with Crippen LogP contribution in [0.4, 0.5) is 4.39 Å². The number of aliphatic carboxylic acids is 1. The van der Waals surface area contributed by atoms with Gasteiger partial charge in [0.05, 0.1) is 0 Å². The third kappa shape index (κ3) is 4.98. The van der Waals surface area contributed by atoms with Gasteiger partial charge in [-0.1, -0.05) is 25.5 Å². The summed E-state index contributed by atoms with van der Waals surface area (Å²) in [6.07, 6.45) is 4.16. The van der Waals surface area contributed by atoms with Gasteiger partial charge in [0.1, 0.15) is 5.82 Å². The fourth-order valence-corrected chi connectivity index (χ4v) is 1.81. The molecule has 0 saturated heterocycles. The van der Waals surface area contributed by atoms with Crippen molar-refractivity contribution in [3.8, 4) is 0 Å². The Morgan fingerprint density at radius 1 is 1.29 bits per heavy atom. The fourth-order valence-electron chi connectivity index (χ4n) is 1.81. The molecule has 0 radical (unpaired) electrons. The lowest BCUT2D eigenvalue weighted by Gasteiger charge is -2.05. The van der Waals surface area contributed by atoms with Crippen LogP contribution in [0, 0.1) is 5.82 Å². The molecule has 1 rings (SSSR count). The lowest BCUT2D eigenvalue weighted by Crippen LogP contribution is -1.96. The number of unbranched alkanes of at least 4 members (excludes halogenated alkanes) is 2. The number of hydrogen-bond donors (Lipinski definition) is 1. The van der Waals surface area contributed by atoms with Gasteiger partial charge in [0.15, 0.2) is 0 Å². The maximum atomic E-state index is 13.4. The number of benzene rings is 1. The van der Waals surface area contributed by atoms with E-state index >= 15 is 0 Å². The van der Waals surface area contributed by atoms with Gasteiger partial charge in [-0.3, -0.25) is 4.79 Å². The Labute approximate surface area is 101 Å². The second-order valence-corrected chi connectivity index (χ2v) is 4.23.